The molecule has 0 amide bonds. The van der Waals surface area contributed by atoms with E-state index in [9.17, 15) is 17.6 Å². The zero-order valence-corrected chi connectivity index (χ0v) is 9.91. The van der Waals surface area contributed by atoms with Gasteiger partial charge in [0.1, 0.15) is 13.2 Å². The van der Waals surface area contributed by atoms with Crippen LogP contribution in [0.1, 0.15) is 11.7 Å². The standard InChI is InChI=1S/C10H13F4N3O2/c11-9(12)10(13,14)5-18-4-7-16-8(19-17-7)1-6-2-15-3-6/h6,9,15H,1-5H2. The van der Waals surface area contributed by atoms with Gasteiger partial charge >= 0.3 is 12.3 Å². The van der Waals surface area contributed by atoms with Gasteiger partial charge < -0.3 is 14.6 Å². The summed E-state index contributed by atoms with van der Waals surface area (Å²) in [4.78, 5) is 3.93. The summed E-state index contributed by atoms with van der Waals surface area (Å²) in [5.41, 5.74) is 0. The van der Waals surface area contributed by atoms with E-state index in [2.05, 4.69) is 20.2 Å². The molecule has 2 heterocycles. The Morgan fingerprint density at radius 3 is 2.74 bits per heavy atom. The summed E-state index contributed by atoms with van der Waals surface area (Å²) in [5, 5.41) is 6.61. The third-order valence-corrected chi connectivity index (χ3v) is 2.68. The lowest BCUT2D eigenvalue weighted by Gasteiger charge is -2.25. The highest BCUT2D eigenvalue weighted by atomic mass is 19.3. The van der Waals surface area contributed by atoms with Gasteiger partial charge in [-0.3, -0.25) is 0 Å². The summed E-state index contributed by atoms with van der Waals surface area (Å²) >= 11 is 0. The molecule has 0 unspecified atom stereocenters. The smallest absolute Gasteiger partial charge is 0.330 e. The Bertz CT molecular complexity index is 409. The van der Waals surface area contributed by atoms with E-state index in [1.165, 1.54) is 0 Å². The average Bonchev–Trinajstić information content (AvgIpc) is 2.71. The van der Waals surface area contributed by atoms with E-state index < -0.39 is 19.0 Å². The van der Waals surface area contributed by atoms with Crippen LogP contribution >= 0.6 is 0 Å². The first-order valence-electron chi connectivity index (χ1n) is 5.73. The van der Waals surface area contributed by atoms with Crippen molar-refractivity contribution in [1.29, 1.82) is 0 Å². The fourth-order valence-electron chi connectivity index (χ4n) is 1.51. The summed E-state index contributed by atoms with van der Waals surface area (Å²) in [7, 11) is 0. The third-order valence-electron chi connectivity index (χ3n) is 2.68. The van der Waals surface area contributed by atoms with E-state index in [1.807, 2.05) is 0 Å². The van der Waals surface area contributed by atoms with E-state index in [1.54, 1.807) is 0 Å². The Balaban J connectivity index is 1.74. The molecule has 0 bridgehead atoms. The van der Waals surface area contributed by atoms with Crippen molar-refractivity contribution in [2.45, 2.75) is 25.4 Å². The molecule has 108 valence electrons. The molecule has 0 radical (unpaired) electrons. The van der Waals surface area contributed by atoms with E-state index in [0.717, 1.165) is 13.1 Å². The molecule has 1 fully saturated rings. The highest BCUT2D eigenvalue weighted by molar-refractivity contribution is 4.90. The van der Waals surface area contributed by atoms with Gasteiger partial charge in [0.05, 0.1) is 0 Å². The molecule has 1 aliphatic rings. The molecule has 0 aliphatic carbocycles. The normalized spacial score (nSPS) is 16.9. The van der Waals surface area contributed by atoms with Crippen LogP contribution in [-0.4, -0.2) is 42.2 Å². The zero-order chi connectivity index (χ0) is 13.9. The third kappa shape index (κ3) is 3.87. The van der Waals surface area contributed by atoms with Gasteiger partial charge in [-0.25, -0.2) is 8.78 Å². The van der Waals surface area contributed by atoms with Crippen LogP contribution in [0.4, 0.5) is 17.6 Å². The molecule has 1 aromatic rings. The van der Waals surface area contributed by atoms with Crippen molar-refractivity contribution in [2.24, 2.45) is 5.92 Å². The van der Waals surface area contributed by atoms with E-state index >= 15 is 0 Å². The van der Waals surface area contributed by atoms with Gasteiger partial charge in [-0.1, -0.05) is 5.16 Å². The number of ether oxygens (including phenoxy) is 1. The first kappa shape index (κ1) is 14.2. The number of hydrogen-bond donors (Lipinski definition) is 1. The summed E-state index contributed by atoms with van der Waals surface area (Å²) in [6, 6.07) is 0. The van der Waals surface area contributed by atoms with Crippen LogP contribution in [0.25, 0.3) is 0 Å². The molecule has 9 heteroatoms. The van der Waals surface area contributed by atoms with Crippen molar-refractivity contribution < 1.29 is 26.8 Å². The first-order chi connectivity index (χ1) is 8.97. The van der Waals surface area contributed by atoms with Crippen molar-refractivity contribution in [3.05, 3.63) is 11.7 Å². The van der Waals surface area contributed by atoms with Gasteiger partial charge in [0, 0.05) is 6.42 Å². The minimum atomic E-state index is -4.16. The van der Waals surface area contributed by atoms with Crippen LogP contribution in [0.5, 0.6) is 0 Å². The van der Waals surface area contributed by atoms with E-state index in [4.69, 9.17) is 4.52 Å². The first-order valence-corrected chi connectivity index (χ1v) is 5.73. The molecular formula is C10H13F4N3O2. The van der Waals surface area contributed by atoms with Crippen molar-refractivity contribution in [3.8, 4) is 0 Å². The van der Waals surface area contributed by atoms with Crippen LogP contribution < -0.4 is 5.32 Å². The Hall–Kier alpha value is -1.22. The molecule has 2 rings (SSSR count). The van der Waals surface area contributed by atoms with Gasteiger partial charge in [-0.05, 0) is 19.0 Å². The second-order valence-electron chi connectivity index (χ2n) is 4.39. The Morgan fingerprint density at radius 1 is 1.42 bits per heavy atom. The van der Waals surface area contributed by atoms with Gasteiger partial charge in [0.15, 0.2) is 5.82 Å². The van der Waals surface area contributed by atoms with Crippen LogP contribution in [0.3, 0.4) is 0 Å². The predicted octanol–water partition coefficient (Wildman–Crippen LogP) is 1.25. The highest BCUT2D eigenvalue weighted by Crippen LogP contribution is 2.23. The van der Waals surface area contributed by atoms with Gasteiger partial charge in [0.25, 0.3) is 0 Å². The molecule has 1 saturated heterocycles. The molecule has 1 aliphatic heterocycles. The summed E-state index contributed by atoms with van der Waals surface area (Å²) < 4.78 is 58.1. The molecule has 0 aromatic carbocycles. The number of nitrogens with one attached hydrogen (secondary N) is 1. The SMILES string of the molecule is FC(F)C(F)(F)COCc1noc(CC2CNC2)n1. The number of aromatic nitrogens is 2. The summed E-state index contributed by atoms with van der Waals surface area (Å²) in [6.07, 6.45) is -3.15. The zero-order valence-electron chi connectivity index (χ0n) is 9.91. The van der Waals surface area contributed by atoms with Crippen molar-refractivity contribution in [1.82, 2.24) is 15.5 Å². The van der Waals surface area contributed by atoms with Gasteiger partial charge in [-0.2, -0.15) is 13.8 Å². The lowest BCUT2D eigenvalue weighted by atomic mass is 10.00. The second kappa shape index (κ2) is 5.83. The van der Waals surface area contributed by atoms with Crippen LogP contribution in [0.15, 0.2) is 4.52 Å². The average molecular weight is 283 g/mol. The number of rotatable bonds is 7. The fraction of sp³-hybridized carbons (Fsp3) is 0.800. The van der Waals surface area contributed by atoms with Crippen LogP contribution in [-0.2, 0) is 17.8 Å². The van der Waals surface area contributed by atoms with Crippen molar-refractivity contribution >= 4 is 0 Å². The molecule has 1 N–H and O–H groups in total. The maximum Gasteiger partial charge on any atom is 0.330 e. The largest absolute Gasteiger partial charge is 0.367 e. The second-order valence-corrected chi connectivity index (χ2v) is 4.39. The molecule has 5 nitrogen and oxygen atoms in total. The predicted molar refractivity (Wildman–Crippen MR) is 55.0 cm³/mol. The maximum atomic E-state index is 12.5. The van der Waals surface area contributed by atoms with E-state index in [-0.39, 0.29) is 12.4 Å². The quantitative estimate of drug-likeness (QED) is 0.763. The molecule has 0 atom stereocenters. The number of alkyl halides is 4. The summed E-state index contributed by atoms with van der Waals surface area (Å²) in [6.45, 7) is -0.0144. The molecule has 0 spiro atoms. The Kier molecular flexibility index (Phi) is 4.35. The Labute approximate surface area is 106 Å². The lowest BCUT2D eigenvalue weighted by molar-refractivity contribution is -0.168. The summed E-state index contributed by atoms with van der Waals surface area (Å²) in [5.74, 6) is -3.26. The number of nitrogens with zero attached hydrogens (tertiary/aromatic N) is 2. The van der Waals surface area contributed by atoms with Gasteiger partial charge in [0.2, 0.25) is 5.89 Å². The number of hydrogen-bond acceptors (Lipinski definition) is 5. The molecular weight excluding hydrogens is 270 g/mol. The maximum absolute atomic E-state index is 12.5. The Morgan fingerprint density at radius 2 is 2.16 bits per heavy atom. The van der Waals surface area contributed by atoms with Gasteiger partial charge in [-0.15, -0.1) is 0 Å². The minimum Gasteiger partial charge on any atom is -0.367 e. The fourth-order valence-corrected chi connectivity index (χ4v) is 1.51. The lowest BCUT2D eigenvalue weighted by Crippen LogP contribution is -2.43. The minimum absolute atomic E-state index is 0.0762. The molecule has 19 heavy (non-hydrogen) atoms. The van der Waals surface area contributed by atoms with E-state index in [0.29, 0.717) is 18.2 Å². The molecule has 0 saturated carbocycles. The molecule has 1 aromatic heterocycles. The van der Waals surface area contributed by atoms with Crippen molar-refractivity contribution in [2.75, 3.05) is 19.7 Å². The number of halogens is 4. The van der Waals surface area contributed by atoms with Crippen LogP contribution in [0, 0.1) is 5.92 Å². The monoisotopic (exact) mass is 283 g/mol. The van der Waals surface area contributed by atoms with Crippen LogP contribution in [0.2, 0.25) is 0 Å². The van der Waals surface area contributed by atoms with Crippen molar-refractivity contribution in [3.63, 3.8) is 0 Å². The highest BCUT2D eigenvalue weighted by Gasteiger charge is 2.41. The topological polar surface area (TPSA) is 60.2 Å².